The number of rotatable bonds is 6. The molecule has 0 unspecified atom stereocenters. The highest BCUT2D eigenvalue weighted by Crippen LogP contribution is 1.98. The van der Waals surface area contributed by atoms with Crippen LogP contribution < -0.4 is 0 Å². The van der Waals surface area contributed by atoms with Gasteiger partial charge in [0.1, 0.15) is 19.8 Å². The highest BCUT2D eigenvalue weighted by molar-refractivity contribution is 5.81. The number of carbonyl (C=O) groups is 2. The summed E-state index contributed by atoms with van der Waals surface area (Å²) in [4.78, 5) is 26.6. The quantitative estimate of drug-likeness (QED) is 0.713. The number of carboxylic acid groups (broad SMARTS) is 1. The number of carbonyl (C=O) groups excluding carboxylic acids is 1. The zero-order chi connectivity index (χ0) is 12.8. The van der Waals surface area contributed by atoms with Crippen molar-refractivity contribution in [1.82, 2.24) is 15.0 Å². The van der Waals surface area contributed by atoms with Crippen LogP contribution in [-0.4, -0.2) is 52.2 Å². The van der Waals surface area contributed by atoms with Gasteiger partial charge in [0.2, 0.25) is 5.91 Å². The molecule has 1 rings (SSSR count). The van der Waals surface area contributed by atoms with Crippen molar-refractivity contribution in [2.24, 2.45) is 0 Å². The van der Waals surface area contributed by atoms with E-state index >= 15 is 0 Å². The lowest BCUT2D eigenvalue weighted by Crippen LogP contribution is -2.34. The molecule has 1 heterocycles. The summed E-state index contributed by atoms with van der Waals surface area (Å²) in [6.45, 7) is 1.10. The molecule has 0 saturated heterocycles. The minimum atomic E-state index is -1.08. The second-order valence-electron chi connectivity index (χ2n) is 3.37. The third kappa shape index (κ3) is 4.60. The van der Waals surface area contributed by atoms with E-state index in [1.165, 1.54) is 7.05 Å². The molecule has 0 aliphatic rings. The molecular weight excluding hydrogens is 230 g/mol. The van der Waals surface area contributed by atoms with E-state index < -0.39 is 11.9 Å². The zero-order valence-corrected chi connectivity index (χ0v) is 9.54. The van der Waals surface area contributed by atoms with Crippen molar-refractivity contribution in [2.45, 2.75) is 13.5 Å². The molecule has 1 amide bonds. The molecule has 8 heteroatoms. The number of aryl methyl sites for hydroxylation is 1. The Balaban J connectivity index is 2.26. The predicted octanol–water partition coefficient (Wildman–Crippen LogP) is -0.562. The predicted molar refractivity (Wildman–Crippen MR) is 54.0 cm³/mol. The Morgan fingerprint density at radius 3 is 2.76 bits per heavy atom. The van der Waals surface area contributed by atoms with Crippen LogP contribution in [-0.2, 0) is 20.9 Å². The molecule has 8 nitrogen and oxygen atoms in total. The molecule has 0 aliphatic carbocycles. The first-order chi connectivity index (χ1) is 7.99. The lowest BCUT2D eigenvalue weighted by molar-refractivity contribution is -0.145. The van der Waals surface area contributed by atoms with Crippen LogP contribution in [0, 0.1) is 6.92 Å². The third-order valence-corrected chi connectivity index (χ3v) is 1.82. The summed E-state index contributed by atoms with van der Waals surface area (Å²) in [5.41, 5.74) is 0. The largest absolute Gasteiger partial charge is 0.480 e. The lowest BCUT2D eigenvalue weighted by atomic mass is 10.5. The van der Waals surface area contributed by atoms with Gasteiger partial charge in [0.15, 0.2) is 5.82 Å². The lowest BCUT2D eigenvalue weighted by Gasteiger charge is -2.13. The van der Waals surface area contributed by atoms with E-state index in [-0.39, 0.29) is 25.6 Å². The van der Waals surface area contributed by atoms with Crippen LogP contribution >= 0.6 is 0 Å². The van der Waals surface area contributed by atoms with Crippen LogP contribution in [0.3, 0.4) is 0 Å². The molecule has 0 bridgehead atoms. The van der Waals surface area contributed by atoms with Crippen LogP contribution in [0.5, 0.6) is 0 Å². The molecule has 0 fully saturated rings. The normalized spacial score (nSPS) is 10.2. The SMILES string of the molecule is Cc1noc(COCC(=O)N(C)CC(=O)O)n1. The fourth-order valence-electron chi connectivity index (χ4n) is 1.03. The van der Waals surface area contributed by atoms with Crippen molar-refractivity contribution in [3.63, 3.8) is 0 Å². The number of hydrogen-bond acceptors (Lipinski definition) is 6. The summed E-state index contributed by atoms with van der Waals surface area (Å²) in [6, 6.07) is 0. The van der Waals surface area contributed by atoms with Gasteiger partial charge in [-0.3, -0.25) is 9.59 Å². The minimum absolute atomic E-state index is 0.0213. The molecule has 0 aromatic carbocycles. The van der Waals surface area contributed by atoms with E-state index in [2.05, 4.69) is 10.1 Å². The van der Waals surface area contributed by atoms with E-state index in [0.29, 0.717) is 5.82 Å². The van der Waals surface area contributed by atoms with Gasteiger partial charge in [-0.2, -0.15) is 4.98 Å². The molecular formula is C9H13N3O5. The molecule has 0 atom stereocenters. The molecule has 1 aromatic rings. The van der Waals surface area contributed by atoms with Crippen LogP contribution in [0.15, 0.2) is 4.52 Å². The van der Waals surface area contributed by atoms with E-state index in [0.717, 1.165) is 4.90 Å². The van der Waals surface area contributed by atoms with Gasteiger partial charge < -0.3 is 19.3 Å². The zero-order valence-electron chi connectivity index (χ0n) is 9.54. The number of nitrogens with zero attached hydrogens (tertiary/aromatic N) is 3. The topological polar surface area (TPSA) is 106 Å². The fourth-order valence-corrected chi connectivity index (χ4v) is 1.03. The average Bonchev–Trinajstić information content (AvgIpc) is 2.63. The first kappa shape index (κ1) is 13.1. The molecule has 1 N–H and O–H groups in total. The van der Waals surface area contributed by atoms with Crippen LogP contribution in [0.1, 0.15) is 11.7 Å². The number of carboxylic acids is 1. The summed E-state index contributed by atoms with van der Waals surface area (Å²) in [6.07, 6.45) is 0. The van der Waals surface area contributed by atoms with Gasteiger partial charge in [-0.25, -0.2) is 0 Å². The standard InChI is InChI=1S/C9H13N3O5/c1-6-10-7(17-11-6)4-16-5-8(13)12(2)3-9(14)15/h3-5H2,1-2H3,(H,14,15). The maximum Gasteiger partial charge on any atom is 0.323 e. The minimum Gasteiger partial charge on any atom is -0.480 e. The van der Waals surface area contributed by atoms with Crippen LogP contribution in [0.25, 0.3) is 0 Å². The van der Waals surface area contributed by atoms with E-state index in [4.69, 9.17) is 14.4 Å². The monoisotopic (exact) mass is 243 g/mol. The molecule has 0 aliphatic heterocycles. The Morgan fingerprint density at radius 2 is 2.24 bits per heavy atom. The molecule has 0 radical (unpaired) electrons. The first-order valence-corrected chi connectivity index (χ1v) is 4.81. The highest BCUT2D eigenvalue weighted by atomic mass is 16.5. The Morgan fingerprint density at radius 1 is 1.53 bits per heavy atom. The van der Waals surface area contributed by atoms with Crippen molar-refractivity contribution in [1.29, 1.82) is 0 Å². The number of hydrogen-bond donors (Lipinski definition) is 1. The van der Waals surface area contributed by atoms with Crippen molar-refractivity contribution in [3.8, 4) is 0 Å². The van der Waals surface area contributed by atoms with E-state index in [1.807, 2.05) is 0 Å². The van der Waals surface area contributed by atoms with Gasteiger partial charge in [-0.15, -0.1) is 0 Å². The Hall–Kier alpha value is -1.96. The van der Waals surface area contributed by atoms with E-state index in [1.54, 1.807) is 6.92 Å². The molecule has 0 saturated carbocycles. The maximum atomic E-state index is 11.3. The van der Waals surface area contributed by atoms with Crippen LogP contribution in [0.2, 0.25) is 0 Å². The summed E-state index contributed by atoms with van der Waals surface area (Å²) in [5.74, 6) is -0.744. The van der Waals surface area contributed by atoms with E-state index in [9.17, 15) is 9.59 Å². The Kier molecular flexibility index (Phi) is 4.58. The summed E-state index contributed by atoms with van der Waals surface area (Å²) in [5, 5.41) is 12.0. The van der Waals surface area contributed by atoms with Gasteiger partial charge in [0.25, 0.3) is 5.89 Å². The number of ether oxygens (including phenoxy) is 1. The third-order valence-electron chi connectivity index (χ3n) is 1.82. The smallest absolute Gasteiger partial charge is 0.323 e. The van der Waals surface area contributed by atoms with Gasteiger partial charge in [0, 0.05) is 7.05 Å². The second-order valence-corrected chi connectivity index (χ2v) is 3.37. The van der Waals surface area contributed by atoms with Crippen molar-refractivity contribution < 1.29 is 24.0 Å². The van der Waals surface area contributed by atoms with Gasteiger partial charge in [-0.05, 0) is 6.92 Å². The Labute approximate surface area is 97.2 Å². The van der Waals surface area contributed by atoms with Crippen LogP contribution in [0.4, 0.5) is 0 Å². The first-order valence-electron chi connectivity index (χ1n) is 4.81. The number of amides is 1. The molecule has 1 aromatic heterocycles. The van der Waals surface area contributed by atoms with Crippen molar-refractivity contribution >= 4 is 11.9 Å². The number of aliphatic carboxylic acids is 1. The van der Waals surface area contributed by atoms with Crippen molar-refractivity contribution in [3.05, 3.63) is 11.7 Å². The maximum absolute atomic E-state index is 11.3. The summed E-state index contributed by atoms with van der Waals surface area (Å²) < 4.78 is 9.78. The number of likely N-dealkylation sites (N-methyl/N-ethyl adjacent to an activating group) is 1. The fraction of sp³-hybridized carbons (Fsp3) is 0.556. The summed E-state index contributed by atoms with van der Waals surface area (Å²) >= 11 is 0. The second kappa shape index (κ2) is 5.94. The number of aromatic nitrogens is 2. The summed E-state index contributed by atoms with van der Waals surface area (Å²) in [7, 11) is 1.39. The van der Waals surface area contributed by atoms with Gasteiger partial charge in [0.05, 0.1) is 0 Å². The molecule has 17 heavy (non-hydrogen) atoms. The highest BCUT2D eigenvalue weighted by Gasteiger charge is 2.12. The van der Waals surface area contributed by atoms with Gasteiger partial charge >= 0.3 is 5.97 Å². The average molecular weight is 243 g/mol. The van der Waals surface area contributed by atoms with Crippen molar-refractivity contribution in [2.75, 3.05) is 20.2 Å². The van der Waals surface area contributed by atoms with Gasteiger partial charge in [-0.1, -0.05) is 5.16 Å². The Bertz CT molecular complexity index is 403. The molecule has 94 valence electrons. The molecule has 0 spiro atoms.